The van der Waals surface area contributed by atoms with Gasteiger partial charge in [-0.2, -0.15) is 0 Å². The normalized spacial score (nSPS) is 25.4. The average molecular weight is 417 g/mol. The number of hydrogen-bond acceptors (Lipinski definition) is 6. The largest absolute Gasteiger partial charge is 0.490 e. The lowest BCUT2D eigenvalue weighted by Crippen LogP contribution is -2.30. The molecular weight excluding hydrogens is 384 g/mol. The number of rotatable bonds is 10. The van der Waals surface area contributed by atoms with Crippen LogP contribution in [-0.4, -0.2) is 52.8 Å². The van der Waals surface area contributed by atoms with Crippen molar-refractivity contribution in [3.63, 3.8) is 0 Å². The maximum Gasteiger partial charge on any atom is 0.305 e. The summed E-state index contributed by atoms with van der Waals surface area (Å²) in [6, 6.07) is 9.24. The van der Waals surface area contributed by atoms with Crippen molar-refractivity contribution in [3.8, 4) is 5.75 Å². The van der Waals surface area contributed by atoms with E-state index in [1.54, 1.807) is 31.2 Å². The van der Waals surface area contributed by atoms with Crippen LogP contribution < -0.4 is 4.74 Å². The highest BCUT2D eigenvalue weighted by atomic mass is 16.5. The molecule has 0 amide bonds. The summed E-state index contributed by atoms with van der Waals surface area (Å²) in [4.78, 5) is 11.1. The van der Waals surface area contributed by atoms with Gasteiger partial charge in [-0.3, -0.25) is 4.79 Å². The molecule has 5 atom stereocenters. The summed E-state index contributed by atoms with van der Waals surface area (Å²) in [5.74, 6) is -0.0553. The second-order valence-corrected chi connectivity index (χ2v) is 7.86. The molecule has 164 valence electrons. The summed E-state index contributed by atoms with van der Waals surface area (Å²) >= 11 is 0. The Morgan fingerprint density at radius 2 is 1.97 bits per heavy atom. The number of ether oxygens (including phenoxy) is 2. The predicted octanol–water partition coefficient (Wildman–Crippen LogP) is 2.79. The Morgan fingerprint density at radius 3 is 2.67 bits per heavy atom. The van der Waals surface area contributed by atoms with Gasteiger partial charge in [-0.15, -0.1) is 5.73 Å². The molecule has 0 aromatic heterocycles. The fourth-order valence-corrected chi connectivity index (χ4v) is 3.48. The molecule has 30 heavy (non-hydrogen) atoms. The van der Waals surface area contributed by atoms with Crippen molar-refractivity contribution in [2.45, 2.75) is 50.4 Å². The van der Waals surface area contributed by atoms with Gasteiger partial charge in [0.2, 0.25) is 0 Å². The van der Waals surface area contributed by atoms with Crippen LogP contribution in [0.4, 0.5) is 0 Å². The number of esters is 1. The highest BCUT2D eigenvalue weighted by Gasteiger charge is 2.39. The SMILES string of the molecule is COC(=O)CCC=C=CC[C@@H]1[C@@H](C=CC(C)(O)COc2ccccc2)[C@H](O)C[C@@H]1O. The lowest BCUT2D eigenvalue weighted by molar-refractivity contribution is -0.140. The summed E-state index contributed by atoms with van der Waals surface area (Å²) in [5.41, 5.74) is 1.80. The van der Waals surface area contributed by atoms with Crippen LogP contribution in [0.5, 0.6) is 5.75 Å². The van der Waals surface area contributed by atoms with E-state index >= 15 is 0 Å². The third-order valence-corrected chi connectivity index (χ3v) is 5.21. The fraction of sp³-hybridized carbons (Fsp3) is 0.500. The van der Waals surface area contributed by atoms with Crippen LogP contribution in [0, 0.1) is 11.8 Å². The van der Waals surface area contributed by atoms with E-state index in [1.807, 2.05) is 30.3 Å². The maximum atomic E-state index is 11.1. The Morgan fingerprint density at radius 1 is 1.23 bits per heavy atom. The Labute approximate surface area is 178 Å². The van der Waals surface area contributed by atoms with Gasteiger partial charge in [0, 0.05) is 18.8 Å². The quantitative estimate of drug-likeness (QED) is 0.308. The van der Waals surface area contributed by atoms with Gasteiger partial charge in [0.1, 0.15) is 18.0 Å². The molecule has 1 aromatic carbocycles. The minimum Gasteiger partial charge on any atom is -0.490 e. The van der Waals surface area contributed by atoms with E-state index in [1.165, 1.54) is 7.11 Å². The van der Waals surface area contributed by atoms with Crippen LogP contribution in [0.15, 0.2) is 60.4 Å². The zero-order valence-corrected chi connectivity index (χ0v) is 17.6. The second-order valence-electron chi connectivity index (χ2n) is 7.86. The molecule has 0 aliphatic heterocycles. The number of methoxy groups -OCH3 is 1. The Kier molecular flexibility index (Phi) is 9.34. The highest BCUT2D eigenvalue weighted by molar-refractivity contribution is 5.69. The van der Waals surface area contributed by atoms with Gasteiger partial charge in [0.15, 0.2) is 0 Å². The molecule has 0 heterocycles. The highest BCUT2D eigenvalue weighted by Crippen LogP contribution is 2.36. The lowest BCUT2D eigenvalue weighted by Gasteiger charge is -2.23. The van der Waals surface area contributed by atoms with Gasteiger partial charge in [-0.25, -0.2) is 0 Å². The summed E-state index contributed by atoms with van der Waals surface area (Å²) in [6.45, 7) is 1.72. The van der Waals surface area contributed by atoms with Crippen LogP contribution in [0.25, 0.3) is 0 Å². The number of benzene rings is 1. The molecule has 1 aliphatic carbocycles. The van der Waals surface area contributed by atoms with Crippen LogP contribution in [0.1, 0.15) is 32.6 Å². The standard InChI is InChI=1S/C24H32O6/c1-24(28,17-30-18-10-6-5-7-11-18)15-14-20-19(21(25)16-22(20)26)12-8-3-4-9-13-23(27)29-2/h4-8,10-11,14-15,19-22,25-26,28H,9,12-13,16-17H2,1-2H3/t3?,19-,20-,21+,22-,24?/m1/s1. The van der Waals surface area contributed by atoms with Gasteiger partial charge in [0.05, 0.1) is 19.3 Å². The van der Waals surface area contributed by atoms with Crippen molar-refractivity contribution in [1.82, 2.24) is 0 Å². The van der Waals surface area contributed by atoms with Gasteiger partial charge >= 0.3 is 5.97 Å². The number of carbonyl (C=O) groups excluding carboxylic acids is 1. The molecule has 0 spiro atoms. The molecule has 0 bridgehead atoms. The van der Waals surface area contributed by atoms with Crippen molar-refractivity contribution in [2.75, 3.05) is 13.7 Å². The first-order chi connectivity index (χ1) is 14.3. The summed E-state index contributed by atoms with van der Waals surface area (Å²) < 4.78 is 10.2. The predicted molar refractivity (Wildman–Crippen MR) is 114 cm³/mol. The smallest absolute Gasteiger partial charge is 0.305 e. The van der Waals surface area contributed by atoms with Crippen molar-refractivity contribution >= 4 is 5.97 Å². The number of aliphatic hydroxyl groups is 3. The molecular formula is C24H32O6. The topological polar surface area (TPSA) is 96.2 Å². The van der Waals surface area contributed by atoms with Crippen LogP contribution >= 0.6 is 0 Å². The summed E-state index contributed by atoms with van der Waals surface area (Å²) in [5, 5.41) is 31.3. The van der Waals surface area contributed by atoms with E-state index in [2.05, 4.69) is 10.5 Å². The van der Waals surface area contributed by atoms with E-state index < -0.39 is 17.8 Å². The molecule has 0 radical (unpaired) electrons. The fourth-order valence-electron chi connectivity index (χ4n) is 3.48. The molecule has 1 saturated carbocycles. The zero-order valence-electron chi connectivity index (χ0n) is 17.6. The molecule has 1 aliphatic rings. The molecule has 1 unspecified atom stereocenters. The number of aliphatic hydroxyl groups excluding tert-OH is 2. The van der Waals surface area contributed by atoms with Gasteiger partial charge in [-0.05, 0) is 50.0 Å². The van der Waals surface area contributed by atoms with Crippen molar-refractivity contribution < 1.29 is 29.6 Å². The molecule has 3 N–H and O–H groups in total. The Hall–Kier alpha value is -2.37. The molecule has 0 saturated heterocycles. The molecule has 6 nitrogen and oxygen atoms in total. The van der Waals surface area contributed by atoms with E-state index in [4.69, 9.17) is 4.74 Å². The van der Waals surface area contributed by atoms with E-state index in [9.17, 15) is 20.1 Å². The molecule has 1 fully saturated rings. The molecule has 1 aromatic rings. The average Bonchev–Trinajstić information content (AvgIpc) is 3.00. The Balaban J connectivity index is 1.92. The van der Waals surface area contributed by atoms with Crippen molar-refractivity contribution in [2.24, 2.45) is 11.8 Å². The number of para-hydroxylation sites is 1. The van der Waals surface area contributed by atoms with Crippen LogP contribution in [0.2, 0.25) is 0 Å². The van der Waals surface area contributed by atoms with E-state index in [-0.39, 0.29) is 24.4 Å². The number of hydrogen-bond donors (Lipinski definition) is 3. The van der Waals surface area contributed by atoms with Crippen molar-refractivity contribution in [3.05, 3.63) is 60.4 Å². The van der Waals surface area contributed by atoms with E-state index in [0.29, 0.717) is 31.4 Å². The first kappa shape index (κ1) is 23.9. The third kappa shape index (κ3) is 7.81. The third-order valence-electron chi connectivity index (χ3n) is 5.21. The monoisotopic (exact) mass is 416 g/mol. The summed E-state index contributed by atoms with van der Waals surface area (Å²) in [6.07, 6.45) is 7.32. The van der Waals surface area contributed by atoms with Crippen molar-refractivity contribution in [1.29, 1.82) is 0 Å². The zero-order chi connectivity index (χ0) is 22.0. The first-order valence-electron chi connectivity index (χ1n) is 10.2. The molecule has 6 heteroatoms. The minimum absolute atomic E-state index is 0.0758. The Bertz CT molecular complexity index is 748. The van der Waals surface area contributed by atoms with Gasteiger partial charge in [0.25, 0.3) is 0 Å². The van der Waals surface area contributed by atoms with Crippen LogP contribution in [0.3, 0.4) is 0 Å². The maximum absolute atomic E-state index is 11.1. The van der Waals surface area contributed by atoms with E-state index in [0.717, 1.165) is 0 Å². The lowest BCUT2D eigenvalue weighted by atomic mass is 9.89. The van der Waals surface area contributed by atoms with Gasteiger partial charge < -0.3 is 24.8 Å². The summed E-state index contributed by atoms with van der Waals surface area (Å²) in [7, 11) is 1.35. The van der Waals surface area contributed by atoms with Crippen LogP contribution in [-0.2, 0) is 9.53 Å². The number of carbonyl (C=O) groups is 1. The van der Waals surface area contributed by atoms with Gasteiger partial charge in [-0.1, -0.05) is 30.4 Å². The second kappa shape index (κ2) is 11.7. The number of allylic oxidation sites excluding steroid dienone is 1. The first-order valence-corrected chi connectivity index (χ1v) is 10.2. The minimum atomic E-state index is -1.21. The molecule has 2 rings (SSSR count).